The summed E-state index contributed by atoms with van der Waals surface area (Å²) in [5.74, 6) is -0.255. The first-order valence-corrected chi connectivity index (χ1v) is 6.91. The van der Waals surface area contributed by atoms with E-state index in [1.54, 1.807) is 24.3 Å². The maximum Gasteiger partial charge on any atom is 0.131 e. The molecule has 0 N–H and O–H groups in total. The smallest absolute Gasteiger partial charge is 0.131 e. The predicted molar refractivity (Wildman–Crippen MR) is 79.6 cm³/mol. The molecule has 0 saturated carbocycles. The largest absolute Gasteiger partial charge is 0.378 e. The summed E-state index contributed by atoms with van der Waals surface area (Å²) >= 11 is 0. The average molecular weight is 282 g/mol. The summed E-state index contributed by atoms with van der Waals surface area (Å²) in [6.45, 7) is 2.79. The molecule has 0 atom stereocenters. The molecule has 21 heavy (non-hydrogen) atoms. The summed E-state index contributed by atoms with van der Waals surface area (Å²) in [6.07, 6.45) is 0. The monoisotopic (exact) mass is 282 g/mol. The van der Waals surface area contributed by atoms with Crippen molar-refractivity contribution < 1.29 is 9.13 Å². The van der Waals surface area contributed by atoms with E-state index in [4.69, 9.17) is 4.74 Å². The number of benzene rings is 2. The first-order valence-electron chi connectivity index (χ1n) is 6.91. The van der Waals surface area contributed by atoms with Crippen LogP contribution in [0.2, 0.25) is 0 Å². The van der Waals surface area contributed by atoms with Gasteiger partial charge < -0.3 is 9.64 Å². The highest BCUT2D eigenvalue weighted by atomic mass is 19.1. The minimum Gasteiger partial charge on any atom is -0.378 e. The first kappa shape index (κ1) is 13.6. The van der Waals surface area contributed by atoms with Crippen LogP contribution in [-0.4, -0.2) is 26.3 Å². The maximum absolute atomic E-state index is 13.9. The van der Waals surface area contributed by atoms with Crippen molar-refractivity contribution in [3.05, 3.63) is 53.8 Å². The van der Waals surface area contributed by atoms with Crippen LogP contribution in [0.1, 0.15) is 5.56 Å². The van der Waals surface area contributed by atoms with E-state index in [9.17, 15) is 9.65 Å². The van der Waals surface area contributed by atoms with Crippen LogP contribution < -0.4 is 4.90 Å². The summed E-state index contributed by atoms with van der Waals surface area (Å²) in [5.41, 5.74) is 2.80. The van der Waals surface area contributed by atoms with E-state index in [0.29, 0.717) is 24.3 Å². The summed E-state index contributed by atoms with van der Waals surface area (Å²) in [6, 6.07) is 14.3. The van der Waals surface area contributed by atoms with Crippen LogP contribution in [0.4, 0.5) is 10.1 Å². The van der Waals surface area contributed by atoms with Crippen LogP contribution in [0.15, 0.2) is 42.5 Å². The lowest BCUT2D eigenvalue weighted by Crippen LogP contribution is -2.36. The molecule has 4 heteroatoms. The molecule has 0 unspecified atom stereocenters. The maximum atomic E-state index is 13.9. The molecule has 0 spiro atoms. The minimum atomic E-state index is -0.255. The Morgan fingerprint density at radius 2 is 1.86 bits per heavy atom. The van der Waals surface area contributed by atoms with Crippen LogP contribution in [0, 0.1) is 17.1 Å². The van der Waals surface area contributed by atoms with Gasteiger partial charge in [-0.2, -0.15) is 5.26 Å². The fourth-order valence-electron chi connectivity index (χ4n) is 2.55. The zero-order valence-corrected chi connectivity index (χ0v) is 11.6. The van der Waals surface area contributed by atoms with E-state index in [1.165, 1.54) is 6.07 Å². The highest BCUT2D eigenvalue weighted by Gasteiger charge is 2.16. The zero-order chi connectivity index (χ0) is 14.7. The van der Waals surface area contributed by atoms with E-state index in [1.807, 2.05) is 12.1 Å². The molecule has 2 aromatic rings. The average Bonchev–Trinajstić information content (AvgIpc) is 2.55. The van der Waals surface area contributed by atoms with E-state index >= 15 is 0 Å². The van der Waals surface area contributed by atoms with Gasteiger partial charge in [-0.25, -0.2) is 4.39 Å². The number of anilines is 1. The lowest BCUT2D eigenvalue weighted by atomic mass is 10.0. The molecular weight excluding hydrogens is 267 g/mol. The number of hydrogen-bond donors (Lipinski definition) is 0. The molecule has 0 amide bonds. The van der Waals surface area contributed by atoms with Gasteiger partial charge in [0.05, 0.1) is 24.5 Å². The van der Waals surface area contributed by atoms with Gasteiger partial charge >= 0.3 is 0 Å². The van der Waals surface area contributed by atoms with Crippen molar-refractivity contribution in [1.82, 2.24) is 0 Å². The third kappa shape index (κ3) is 2.74. The molecule has 0 aromatic heterocycles. The molecule has 106 valence electrons. The van der Waals surface area contributed by atoms with Crippen molar-refractivity contribution in [1.29, 1.82) is 5.26 Å². The molecule has 0 aliphatic carbocycles. The van der Waals surface area contributed by atoms with Crippen molar-refractivity contribution in [3.63, 3.8) is 0 Å². The van der Waals surface area contributed by atoms with Gasteiger partial charge in [0, 0.05) is 18.7 Å². The van der Waals surface area contributed by atoms with Gasteiger partial charge in [0.25, 0.3) is 0 Å². The first-order chi connectivity index (χ1) is 10.3. The van der Waals surface area contributed by atoms with Crippen molar-refractivity contribution in [3.8, 4) is 17.2 Å². The molecule has 1 saturated heterocycles. The number of rotatable bonds is 2. The van der Waals surface area contributed by atoms with Gasteiger partial charge in [0.1, 0.15) is 11.9 Å². The number of morpholine rings is 1. The van der Waals surface area contributed by atoms with Crippen LogP contribution in [0.3, 0.4) is 0 Å². The quantitative estimate of drug-likeness (QED) is 0.848. The van der Waals surface area contributed by atoms with Crippen molar-refractivity contribution in [2.24, 2.45) is 0 Å². The second-order valence-electron chi connectivity index (χ2n) is 4.92. The third-order valence-corrected chi connectivity index (χ3v) is 3.65. The highest BCUT2D eigenvalue weighted by molar-refractivity contribution is 5.73. The van der Waals surface area contributed by atoms with Gasteiger partial charge in [-0.15, -0.1) is 0 Å². The van der Waals surface area contributed by atoms with Crippen molar-refractivity contribution >= 4 is 5.69 Å². The molecule has 0 bridgehead atoms. The Labute approximate surface area is 123 Å². The molecule has 1 aliphatic heterocycles. The minimum absolute atomic E-state index is 0.255. The SMILES string of the molecule is N#Cc1ccc(-c2ccccc2F)cc1N1CCOCC1. The Bertz CT molecular complexity index is 687. The molecule has 0 radical (unpaired) electrons. The van der Waals surface area contributed by atoms with E-state index in [0.717, 1.165) is 24.3 Å². The van der Waals surface area contributed by atoms with Gasteiger partial charge in [0.2, 0.25) is 0 Å². The standard InChI is InChI=1S/C17H15FN2O/c18-16-4-2-1-3-15(16)13-5-6-14(12-19)17(11-13)20-7-9-21-10-8-20/h1-6,11H,7-10H2. The lowest BCUT2D eigenvalue weighted by Gasteiger charge is -2.30. The van der Waals surface area contributed by atoms with Crippen molar-refractivity contribution in [2.75, 3.05) is 31.2 Å². The predicted octanol–water partition coefficient (Wildman–Crippen LogP) is 3.20. The van der Waals surface area contributed by atoms with Crippen LogP contribution in [0.5, 0.6) is 0 Å². The van der Waals surface area contributed by atoms with Gasteiger partial charge in [-0.05, 0) is 23.8 Å². The van der Waals surface area contributed by atoms with Gasteiger partial charge in [0.15, 0.2) is 0 Å². The number of hydrogen-bond acceptors (Lipinski definition) is 3. The van der Waals surface area contributed by atoms with E-state index < -0.39 is 0 Å². The Morgan fingerprint density at radius 1 is 1.10 bits per heavy atom. The second-order valence-corrected chi connectivity index (χ2v) is 4.92. The fourth-order valence-corrected chi connectivity index (χ4v) is 2.55. The normalized spacial score (nSPS) is 14.8. The number of nitrogens with zero attached hydrogens (tertiary/aromatic N) is 2. The molecular formula is C17H15FN2O. The Balaban J connectivity index is 2.05. The molecule has 2 aromatic carbocycles. The highest BCUT2D eigenvalue weighted by Crippen LogP contribution is 2.30. The zero-order valence-electron chi connectivity index (χ0n) is 11.6. The molecule has 1 heterocycles. The number of halogens is 1. The summed E-state index contributed by atoms with van der Waals surface area (Å²) in [5, 5.41) is 9.28. The Morgan fingerprint density at radius 3 is 2.57 bits per heavy atom. The second kappa shape index (κ2) is 5.94. The lowest BCUT2D eigenvalue weighted by molar-refractivity contribution is 0.122. The molecule has 1 fully saturated rings. The third-order valence-electron chi connectivity index (χ3n) is 3.65. The summed E-state index contributed by atoms with van der Waals surface area (Å²) in [4.78, 5) is 2.12. The van der Waals surface area contributed by atoms with Gasteiger partial charge in [-0.3, -0.25) is 0 Å². The van der Waals surface area contributed by atoms with Crippen LogP contribution >= 0.6 is 0 Å². The van der Waals surface area contributed by atoms with E-state index in [-0.39, 0.29) is 5.82 Å². The van der Waals surface area contributed by atoms with E-state index in [2.05, 4.69) is 11.0 Å². The Kier molecular flexibility index (Phi) is 3.85. The van der Waals surface area contributed by atoms with Crippen molar-refractivity contribution in [2.45, 2.75) is 0 Å². The molecule has 3 rings (SSSR count). The topological polar surface area (TPSA) is 36.3 Å². The fraction of sp³-hybridized carbons (Fsp3) is 0.235. The number of ether oxygens (including phenoxy) is 1. The number of nitriles is 1. The molecule has 1 aliphatic rings. The van der Waals surface area contributed by atoms with Gasteiger partial charge in [-0.1, -0.05) is 24.3 Å². The summed E-state index contributed by atoms with van der Waals surface area (Å²) in [7, 11) is 0. The molecule has 3 nitrogen and oxygen atoms in total. The van der Waals surface area contributed by atoms with Crippen LogP contribution in [-0.2, 0) is 4.74 Å². The summed E-state index contributed by atoms with van der Waals surface area (Å²) < 4.78 is 19.3. The Hall–Kier alpha value is -2.38. The van der Waals surface area contributed by atoms with Crippen LogP contribution in [0.25, 0.3) is 11.1 Å².